The number of hydrogen-bond donors (Lipinski definition) is 1. The Morgan fingerprint density at radius 3 is 2.55 bits per heavy atom. The summed E-state index contributed by atoms with van der Waals surface area (Å²) in [4.78, 5) is 0. The van der Waals surface area contributed by atoms with Crippen LogP contribution in [0.15, 0.2) is 42.5 Å². The first-order valence-electron chi connectivity index (χ1n) is 7.66. The Bertz CT molecular complexity index is 567. The maximum Gasteiger partial charge on any atom is 0.127 e. The van der Waals surface area contributed by atoms with Gasteiger partial charge >= 0.3 is 0 Å². The molecular formula is C18H23NO. The molecule has 1 fully saturated rings. The number of fused-ring (bicyclic) bond motifs is 1. The first-order valence-corrected chi connectivity index (χ1v) is 7.66. The van der Waals surface area contributed by atoms with Gasteiger partial charge in [0.2, 0.25) is 0 Å². The zero-order valence-electron chi connectivity index (χ0n) is 12.0. The largest absolute Gasteiger partial charge is 0.493 e. The lowest BCUT2D eigenvalue weighted by atomic mass is 9.80. The van der Waals surface area contributed by atoms with Crippen LogP contribution in [-0.2, 0) is 0 Å². The molecule has 0 heterocycles. The molecule has 2 N–H and O–H groups in total. The van der Waals surface area contributed by atoms with Crippen LogP contribution in [0.5, 0.6) is 5.75 Å². The van der Waals surface area contributed by atoms with E-state index >= 15 is 0 Å². The highest BCUT2D eigenvalue weighted by atomic mass is 16.5. The fourth-order valence-electron chi connectivity index (χ4n) is 3.19. The Labute approximate surface area is 120 Å². The van der Waals surface area contributed by atoms with Crippen molar-refractivity contribution in [1.82, 2.24) is 0 Å². The summed E-state index contributed by atoms with van der Waals surface area (Å²) in [6.07, 6.45) is 7.12. The standard InChI is InChI=1S/C18H23NO/c19-18(11-4-1-5-12-18)13-14-20-17-10-6-8-15-7-2-3-9-16(15)17/h2-3,6-10H,1,4-5,11-14,19H2. The van der Waals surface area contributed by atoms with Gasteiger partial charge in [0, 0.05) is 10.9 Å². The molecule has 2 aromatic rings. The van der Waals surface area contributed by atoms with Crippen LogP contribution in [0, 0.1) is 0 Å². The Kier molecular flexibility index (Phi) is 3.93. The molecule has 0 aromatic heterocycles. The molecule has 0 radical (unpaired) electrons. The molecule has 1 aliphatic rings. The maximum absolute atomic E-state index is 6.46. The third-order valence-electron chi connectivity index (χ3n) is 4.46. The lowest BCUT2D eigenvalue weighted by Crippen LogP contribution is -2.42. The highest BCUT2D eigenvalue weighted by Gasteiger charge is 2.27. The van der Waals surface area contributed by atoms with Gasteiger partial charge in [-0.25, -0.2) is 0 Å². The van der Waals surface area contributed by atoms with Crippen molar-refractivity contribution in [3.63, 3.8) is 0 Å². The Morgan fingerprint density at radius 1 is 0.950 bits per heavy atom. The van der Waals surface area contributed by atoms with E-state index in [4.69, 9.17) is 10.5 Å². The van der Waals surface area contributed by atoms with E-state index in [2.05, 4.69) is 36.4 Å². The van der Waals surface area contributed by atoms with Gasteiger partial charge in [0.05, 0.1) is 6.61 Å². The van der Waals surface area contributed by atoms with Crippen LogP contribution in [0.1, 0.15) is 38.5 Å². The second kappa shape index (κ2) is 5.84. The van der Waals surface area contributed by atoms with Gasteiger partial charge in [-0.1, -0.05) is 55.7 Å². The summed E-state index contributed by atoms with van der Waals surface area (Å²) in [5, 5.41) is 2.41. The number of hydrogen-bond acceptors (Lipinski definition) is 2. The van der Waals surface area contributed by atoms with E-state index in [1.165, 1.54) is 30.0 Å². The fourth-order valence-corrected chi connectivity index (χ4v) is 3.19. The van der Waals surface area contributed by atoms with Crippen LogP contribution in [0.4, 0.5) is 0 Å². The summed E-state index contributed by atoms with van der Waals surface area (Å²) in [5.41, 5.74) is 6.46. The van der Waals surface area contributed by atoms with Crippen LogP contribution in [0.2, 0.25) is 0 Å². The van der Waals surface area contributed by atoms with Crippen molar-refractivity contribution in [2.75, 3.05) is 6.61 Å². The van der Waals surface area contributed by atoms with Crippen LogP contribution >= 0.6 is 0 Å². The second-order valence-corrected chi connectivity index (χ2v) is 6.00. The van der Waals surface area contributed by atoms with E-state index in [-0.39, 0.29) is 5.54 Å². The van der Waals surface area contributed by atoms with Gasteiger partial charge in [-0.3, -0.25) is 0 Å². The van der Waals surface area contributed by atoms with Crippen LogP contribution < -0.4 is 10.5 Å². The number of benzene rings is 2. The maximum atomic E-state index is 6.46. The molecule has 0 bridgehead atoms. The zero-order valence-corrected chi connectivity index (χ0v) is 12.0. The number of ether oxygens (including phenoxy) is 1. The first-order chi connectivity index (χ1) is 9.77. The van der Waals surface area contributed by atoms with Crippen LogP contribution in [0.3, 0.4) is 0 Å². The third-order valence-corrected chi connectivity index (χ3v) is 4.46. The smallest absolute Gasteiger partial charge is 0.127 e. The zero-order chi connectivity index (χ0) is 13.8. The van der Waals surface area contributed by atoms with E-state index < -0.39 is 0 Å². The van der Waals surface area contributed by atoms with Gasteiger partial charge in [0.1, 0.15) is 5.75 Å². The molecule has 106 valence electrons. The van der Waals surface area contributed by atoms with E-state index in [0.29, 0.717) is 6.61 Å². The van der Waals surface area contributed by atoms with Crippen molar-refractivity contribution in [3.8, 4) is 5.75 Å². The van der Waals surface area contributed by atoms with E-state index in [0.717, 1.165) is 25.0 Å². The van der Waals surface area contributed by atoms with Gasteiger partial charge in [0.25, 0.3) is 0 Å². The summed E-state index contributed by atoms with van der Waals surface area (Å²) in [6.45, 7) is 0.713. The number of nitrogens with two attached hydrogens (primary N) is 1. The summed E-state index contributed by atoms with van der Waals surface area (Å²) in [5.74, 6) is 0.975. The van der Waals surface area contributed by atoms with Gasteiger partial charge in [-0.05, 0) is 30.7 Å². The molecule has 0 amide bonds. The molecule has 2 heteroatoms. The number of rotatable bonds is 4. The molecule has 1 saturated carbocycles. The highest BCUT2D eigenvalue weighted by molar-refractivity contribution is 5.88. The van der Waals surface area contributed by atoms with Crippen LogP contribution in [-0.4, -0.2) is 12.1 Å². The van der Waals surface area contributed by atoms with Gasteiger partial charge in [-0.2, -0.15) is 0 Å². The minimum atomic E-state index is 0.00281. The minimum absolute atomic E-state index is 0.00281. The Hall–Kier alpha value is -1.54. The molecule has 0 unspecified atom stereocenters. The normalized spacial score (nSPS) is 18.1. The molecular weight excluding hydrogens is 246 g/mol. The molecule has 0 saturated heterocycles. The van der Waals surface area contributed by atoms with E-state index in [9.17, 15) is 0 Å². The predicted octanol–water partition coefficient (Wildman–Crippen LogP) is 4.27. The first kappa shape index (κ1) is 13.4. The van der Waals surface area contributed by atoms with Crippen molar-refractivity contribution >= 4 is 10.8 Å². The Morgan fingerprint density at radius 2 is 1.70 bits per heavy atom. The SMILES string of the molecule is NC1(CCOc2cccc3ccccc23)CCCCC1. The van der Waals surface area contributed by atoms with Gasteiger partial charge in [-0.15, -0.1) is 0 Å². The molecule has 3 rings (SSSR count). The lowest BCUT2D eigenvalue weighted by Gasteiger charge is -2.33. The summed E-state index contributed by atoms with van der Waals surface area (Å²) >= 11 is 0. The van der Waals surface area contributed by atoms with Gasteiger partial charge < -0.3 is 10.5 Å². The average molecular weight is 269 g/mol. The molecule has 0 spiro atoms. The quantitative estimate of drug-likeness (QED) is 0.899. The van der Waals surface area contributed by atoms with Crippen molar-refractivity contribution in [2.45, 2.75) is 44.1 Å². The molecule has 0 atom stereocenters. The molecule has 1 aliphatic carbocycles. The predicted molar refractivity (Wildman–Crippen MR) is 84.1 cm³/mol. The molecule has 20 heavy (non-hydrogen) atoms. The third kappa shape index (κ3) is 2.96. The van der Waals surface area contributed by atoms with Crippen molar-refractivity contribution in [3.05, 3.63) is 42.5 Å². The second-order valence-electron chi connectivity index (χ2n) is 6.00. The summed E-state index contributed by atoms with van der Waals surface area (Å²) < 4.78 is 6.01. The minimum Gasteiger partial charge on any atom is -0.493 e. The molecule has 0 aliphatic heterocycles. The van der Waals surface area contributed by atoms with E-state index in [1.54, 1.807) is 0 Å². The van der Waals surface area contributed by atoms with Gasteiger partial charge in [0.15, 0.2) is 0 Å². The summed E-state index contributed by atoms with van der Waals surface area (Å²) in [7, 11) is 0. The molecule has 2 aromatic carbocycles. The van der Waals surface area contributed by atoms with Crippen molar-refractivity contribution in [2.24, 2.45) is 5.73 Å². The van der Waals surface area contributed by atoms with E-state index in [1.807, 2.05) is 6.07 Å². The summed E-state index contributed by atoms with van der Waals surface area (Å²) in [6, 6.07) is 14.6. The van der Waals surface area contributed by atoms with Crippen LogP contribution in [0.25, 0.3) is 10.8 Å². The topological polar surface area (TPSA) is 35.2 Å². The highest BCUT2D eigenvalue weighted by Crippen LogP contribution is 2.30. The Balaban J connectivity index is 1.65. The molecule has 2 nitrogen and oxygen atoms in total. The van der Waals surface area contributed by atoms with Crippen molar-refractivity contribution < 1.29 is 4.74 Å². The van der Waals surface area contributed by atoms with Crippen molar-refractivity contribution in [1.29, 1.82) is 0 Å². The monoisotopic (exact) mass is 269 g/mol. The lowest BCUT2D eigenvalue weighted by molar-refractivity contribution is 0.215. The fraction of sp³-hybridized carbons (Fsp3) is 0.444. The average Bonchev–Trinajstić information content (AvgIpc) is 2.48.